The fraction of sp³-hybridized carbons (Fsp3) is 0.769. The Labute approximate surface area is 116 Å². The van der Waals surface area contributed by atoms with E-state index in [4.69, 9.17) is 0 Å². The Morgan fingerprint density at radius 3 is 1.30 bits per heavy atom. The fourth-order valence-corrected chi connectivity index (χ4v) is 4.20. The minimum absolute atomic E-state index is 1.18. The van der Waals surface area contributed by atoms with Crippen LogP contribution in [0.1, 0.15) is 38.5 Å². The molecule has 5 rings (SSSR count). The molecule has 4 bridgehead atoms. The number of imidazole rings is 1. The zero-order valence-corrected chi connectivity index (χ0v) is 11.3. The summed E-state index contributed by atoms with van der Waals surface area (Å²) in [6.07, 6.45) is 14.7. The van der Waals surface area contributed by atoms with Gasteiger partial charge in [-0.1, -0.05) is 0 Å². The van der Waals surface area contributed by atoms with Crippen LogP contribution in [0.3, 0.4) is 0 Å². The van der Waals surface area contributed by atoms with Crippen molar-refractivity contribution in [2.24, 2.45) is 23.7 Å². The summed E-state index contributed by atoms with van der Waals surface area (Å²) >= 11 is 0. The zero-order valence-electron chi connectivity index (χ0n) is 11.3. The van der Waals surface area contributed by atoms with Gasteiger partial charge in [0.05, 0.1) is 6.33 Å². The molecule has 20 heavy (non-hydrogen) atoms. The van der Waals surface area contributed by atoms with Crippen molar-refractivity contribution < 1.29 is 17.3 Å². The van der Waals surface area contributed by atoms with Crippen LogP contribution in [0.5, 0.6) is 0 Å². The van der Waals surface area contributed by atoms with Crippen LogP contribution in [0.15, 0.2) is 18.7 Å². The second kappa shape index (κ2) is 6.63. The highest BCUT2D eigenvalue weighted by atomic mass is 19.5. The van der Waals surface area contributed by atoms with E-state index in [-0.39, 0.29) is 0 Å². The van der Waals surface area contributed by atoms with Gasteiger partial charge in [-0.05, 0) is 62.2 Å². The van der Waals surface area contributed by atoms with Crippen molar-refractivity contribution in [1.82, 2.24) is 9.97 Å². The van der Waals surface area contributed by atoms with Gasteiger partial charge in [0, 0.05) is 12.4 Å². The molecule has 1 heterocycles. The molecule has 1 aromatic rings. The lowest BCUT2D eigenvalue weighted by molar-refractivity contribution is 0.0198. The Balaban J connectivity index is 0.000000126. The first-order valence-corrected chi connectivity index (χ1v) is 7.20. The molecule has 4 fully saturated rings. The summed E-state index contributed by atoms with van der Waals surface area (Å²) in [6, 6.07) is 0. The maximum absolute atomic E-state index is 9.75. The van der Waals surface area contributed by atoms with Crippen molar-refractivity contribution in [3.05, 3.63) is 18.7 Å². The molecule has 114 valence electrons. The Kier molecular flexibility index (Phi) is 5.10. The summed E-state index contributed by atoms with van der Waals surface area (Å²) in [5.41, 5.74) is 0. The quantitative estimate of drug-likeness (QED) is 0.551. The Hall–Kier alpha value is -1.01. The number of halogens is 4. The van der Waals surface area contributed by atoms with Crippen LogP contribution < -0.4 is 0 Å². The SMILES string of the molecule is C1C2CC3CC1CC(C2)C3.F[B-](F)(F)F.c1c[nH]cn1. The van der Waals surface area contributed by atoms with E-state index >= 15 is 0 Å². The second-order valence-electron chi connectivity index (χ2n) is 6.13. The number of hydrogen-bond acceptors (Lipinski definition) is 1. The van der Waals surface area contributed by atoms with Crippen LogP contribution in [0.25, 0.3) is 0 Å². The smallest absolute Gasteiger partial charge is 0.418 e. The van der Waals surface area contributed by atoms with Crippen molar-refractivity contribution >= 4 is 7.25 Å². The molecule has 0 aromatic carbocycles. The lowest BCUT2D eigenvalue weighted by Crippen LogP contribution is -2.38. The average molecular weight is 291 g/mol. The molecule has 2 nitrogen and oxygen atoms in total. The largest absolute Gasteiger partial charge is 0.673 e. The fourth-order valence-electron chi connectivity index (χ4n) is 4.20. The lowest BCUT2D eigenvalue weighted by atomic mass is 9.56. The van der Waals surface area contributed by atoms with Crippen LogP contribution in [0.2, 0.25) is 0 Å². The van der Waals surface area contributed by atoms with Gasteiger partial charge in [-0.25, -0.2) is 4.98 Å². The molecule has 0 aliphatic heterocycles. The maximum Gasteiger partial charge on any atom is 0.673 e. The number of H-pyrrole nitrogens is 1. The molecule has 4 aliphatic carbocycles. The number of aromatic amines is 1. The minimum Gasteiger partial charge on any atom is -0.418 e. The maximum atomic E-state index is 9.75. The van der Waals surface area contributed by atoms with Gasteiger partial charge >= 0.3 is 7.25 Å². The average Bonchev–Trinajstić information content (AvgIpc) is 2.82. The van der Waals surface area contributed by atoms with Gasteiger partial charge in [-0.3, -0.25) is 0 Å². The van der Waals surface area contributed by atoms with Gasteiger partial charge in [-0.15, -0.1) is 0 Å². The van der Waals surface area contributed by atoms with Crippen LogP contribution in [0, 0.1) is 23.7 Å². The molecule has 4 saturated carbocycles. The second-order valence-corrected chi connectivity index (χ2v) is 6.13. The Morgan fingerprint density at radius 1 is 0.800 bits per heavy atom. The molecule has 0 radical (unpaired) electrons. The summed E-state index contributed by atoms with van der Waals surface area (Å²) in [5.74, 6) is 4.71. The van der Waals surface area contributed by atoms with Crippen molar-refractivity contribution in [3.8, 4) is 0 Å². The summed E-state index contributed by atoms with van der Waals surface area (Å²) in [4.78, 5) is 6.42. The van der Waals surface area contributed by atoms with Gasteiger partial charge in [0.1, 0.15) is 0 Å². The van der Waals surface area contributed by atoms with Gasteiger partial charge in [0.15, 0.2) is 0 Å². The Bertz CT molecular complexity index is 300. The van der Waals surface area contributed by atoms with Crippen molar-refractivity contribution in [1.29, 1.82) is 0 Å². The lowest BCUT2D eigenvalue weighted by Gasteiger charge is -2.49. The highest BCUT2D eigenvalue weighted by Gasteiger charge is 2.41. The van der Waals surface area contributed by atoms with E-state index < -0.39 is 7.25 Å². The normalized spacial score (nSPS) is 33.8. The summed E-state index contributed by atoms with van der Waals surface area (Å²) in [6.45, 7) is 0. The number of aromatic nitrogens is 2. The van der Waals surface area contributed by atoms with Crippen LogP contribution >= 0.6 is 0 Å². The molecule has 1 N–H and O–H groups in total. The van der Waals surface area contributed by atoms with E-state index in [1.165, 1.54) is 23.7 Å². The molecule has 4 aliphatic rings. The Morgan fingerprint density at radius 2 is 1.15 bits per heavy atom. The molecule has 0 saturated heterocycles. The van der Waals surface area contributed by atoms with Gasteiger partial charge in [0.2, 0.25) is 0 Å². The molecule has 1 aromatic heterocycles. The van der Waals surface area contributed by atoms with E-state index in [0.29, 0.717) is 0 Å². The van der Waals surface area contributed by atoms with Crippen molar-refractivity contribution in [3.63, 3.8) is 0 Å². The van der Waals surface area contributed by atoms with Gasteiger partial charge in [0.25, 0.3) is 0 Å². The molecular weight excluding hydrogens is 271 g/mol. The first-order chi connectivity index (χ1) is 9.40. The van der Waals surface area contributed by atoms with Gasteiger partial charge in [-0.2, -0.15) is 0 Å². The molecule has 0 amide bonds. The van der Waals surface area contributed by atoms with Crippen LogP contribution in [-0.2, 0) is 0 Å². The van der Waals surface area contributed by atoms with Crippen LogP contribution in [0.4, 0.5) is 17.3 Å². The number of hydrogen-bond donors (Lipinski definition) is 1. The van der Waals surface area contributed by atoms with Gasteiger partial charge < -0.3 is 22.2 Å². The number of rotatable bonds is 0. The highest BCUT2D eigenvalue weighted by molar-refractivity contribution is 6.50. The third kappa shape index (κ3) is 5.55. The summed E-state index contributed by atoms with van der Waals surface area (Å²) < 4.78 is 39.0. The first kappa shape index (κ1) is 15.4. The predicted molar refractivity (Wildman–Crippen MR) is 70.4 cm³/mol. The summed E-state index contributed by atoms with van der Waals surface area (Å²) in [5, 5.41) is 0. The molecule has 0 unspecified atom stereocenters. The monoisotopic (exact) mass is 291 g/mol. The molecule has 7 heteroatoms. The van der Waals surface area contributed by atoms with Crippen LogP contribution in [-0.4, -0.2) is 17.2 Å². The van der Waals surface area contributed by atoms with E-state index in [1.807, 2.05) is 0 Å². The third-order valence-corrected chi connectivity index (χ3v) is 4.41. The van der Waals surface area contributed by atoms with E-state index in [9.17, 15) is 17.3 Å². The molecule has 0 spiro atoms. The van der Waals surface area contributed by atoms with Crippen molar-refractivity contribution in [2.45, 2.75) is 38.5 Å². The van der Waals surface area contributed by atoms with E-state index in [0.717, 1.165) is 0 Å². The third-order valence-electron chi connectivity index (χ3n) is 4.41. The minimum atomic E-state index is -6.00. The number of nitrogens with zero attached hydrogens (tertiary/aromatic N) is 1. The zero-order chi connectivity index (χ0) is 14.6. The highest BCUT2D eigenvalue weighted by Crippen LogP contribution is 2.53. The standard InChI is InChI=1S/C10H16.C3H4N2.BF4/c1-7-2-9-4-8(1)5-10(3-7)6-9;1-2-5-3-4-1;2-1(3,4)5/h7-10H,1-6H2;1-3H,(H,4,5);/q;;-1. The van der Waals surface area contributed by atoms with E-state index in [2.05, 4.69) is 9.97 Å². The molecular formula is C13H20BF4N2-. The number of nitrogens with one attached hydrogen (secondary N) is 1. The summed E-state index contributed by atoms with van der Waals surface area (Å²) in [7, 11) is -6.00. The first-order valence-electron chi connectivity index (χ1n) is 7.20. The molecule has 0 atom stereocenters. The predicted octanol–water partition coefficient (Wildman–Crippen LogP) is 4.54. The van der Waals surface area contributed by atoms with Crippen molar-refractivity contribution in [2.75, 3.05) is 0 Å². The van der Waals surface area contributed by atoms with E-state index in [1.54, 1.807) is 57.2 Å². The topological polar surface area (TPSA) is 28.7 Å².